The molecule has 0 fully saturated rings. The van der Waals surface area contributed by atoms with E-state index in [4.69, 9.17) is 23.2 Å². The minimum Gasteiger partial charge on any atom is -0.287 e. The normalized spacial score (nSPS) is 11.7. The molecular formula is C12H8Cl2N4O2S. The van der Waals surface area contributed by atoms with Crippen molar-refractivity contribution in [3.8, 4) is 0 Å². The van der Waals surface area contributed by atoms with Gasteiger partial charge in [0, 0.05) is 6.20 Å². The van der Waals surface area contributed by atoms with Crippen LogP contribution in [0.3, 0.4) is 0 Å². The van der Waals surface area contributed by atoms with Gasteiger partial charge in [0.25, 0.3) is 10.0 Å². The highest BCUT2D eigenvalue weighted by atomic mass is 35.5. The van der Waals surface area contributed by atoms with E-state index in [0.717, 1.165) is 0 Å². The van der Waals surface area contributed by atoms with E-state index in [1.54, 1.807) is 22.7 Å². The Morgan fingerprint density at radius 1 is 1.10 bits per heavy atom. The number of halogens is 2. The summed E-state index contributed by atoms with van der Waals surface area (Å²) >= 11 is 11.6. The lowest BCUT2D eigenvalue weighted by Crippen LogP contribution is -2.13. The number of rotatable bonds is 3. The molecule has 21 heavy (non-hydrogen) atoms. The molecule has 0 amide bonds. The lowest BCUT2D eigenvalue weighted by atomic mass is 10.4. The van der Waals surface area contributed by atoms with Crippen molar-refractivity contribution in [1.82, 2.24) is 14.6 Å². The molecule has 0 saturated heterocycles. The predicted octanol–water partition coefficient (Wildman–Crippen LogP) is 2.84. The second kappa shape index (κ2) is 5.18. The minimum absolute atomic E-state index is 0.0285. The molecule has 0 spiro atoms. The van der Waals surface area contributed by atoms with Gasteiger partial charge in [0.1, 0.15) is 6.33 Å². The number of hydrogen-bond acceptors (Lipinski definition) is 4. The van der Waals surface area contributed by atoms with Crippen LogP contribution in [0, 0.1) is 0 Å². The number of fused-ring (bicyclic) bond motifs is 1. The lowest BCUT2D eigenvalue weighted by molar-refractivity contribution is 0.601. The molecule has 0 saturated carbocycles. The first-order chi connectivity index (χ1) is 9.95. The smallest absolute Gasteiger partial charge is 0.261 e. The van der Waals surface area contributed by atoms with E-state index in [1.165, 1.54) is 24.5 Å². The molecular weight excluding hydrogens is 335 g/mol. The molecule has 2 heterocycles. The molecule has 9 heteroatoms. The number of benzene rings is 1. The van der Waals surface area contributed by atoms with E-state index in [9.17, 15) is 8.42 Å². The molecule has 2 aromatic heterocycles. The highest BCUT2D eigenvalue weighted by Crippen LogP contribution is 2.26. The largest absolute Gasteiger partial charge is 0.287 e. The van der Waals surface area contributed by atoms with Gasteiger partial charge >= 0.3 is 0 Å². The predicted molar refractivity (Wildman–Crippen MR) is 80.3 cm³/mol. The van der Waals surface area contributed by atoms with Crippen molar-refractivity contribution in [2.45, 2.75) is 4.90 Å². The van der Waals surface area contributed by atoms with E-state index in [2.05, 4.69) is 14.9 Å². The number of pyridine rings is 1. The summed E-state index contributed by atoms with van der Waals surface area (Å²) in [6.45, 7) is 0. The Hall–Kier alpha value is -1.83. The van der Waals surface area contributed by atoms with E-state index < -0.39 is 10.0 Å². The van der Waals surface area contributed by atoms with Crippen LogP contribution in [-0.4, -0.2) is 23.0 Å². The Morgan fingerprint density at radius 2 is 1.90 bits per heavy atom. The van der Waals surface area contributed by atoms with Crippen molar-refractivity contribution in [3.63, 3.8) is 0 Å². The quantitative estimate of drug-likeness (QED) is 0.793. The van der Waals surface area contributed by atoms with Crippen LogP contribution in [0.15, 0.2) is 47.8 Å². The van der Waals surface area contributed by atoms with Crippen LogP contribution in [0.25, 0.3) is 5.65 Å². The molecule has 0 radical (unpaired) electrons. The molecule has 0 aliphatic rings. The van der Waals surface area contributed by atoms with E-state index in [1.807, 2.05) is 0 Å². The topological polar surface area (TPSA) is 76.4 Å². The Kier molecular flexibility index (Phi) is 3.48. The van der Waals surface area contributed by atoms with Crippen LogP contribution >= 0.6 is 23.2 Å². The van der Waals surface area contributed by atoms with Gasteiger partial charge in [-0.05, 0) is 30.3 Å². The molecule has 0 aliphatic carbocycles. The third-order valence-electron chi connectivity index (χ3n) is 2.74. The summed E-state index contributed by atoms with van der Waals surface area (Å²) in [4.78, 5) is 0.0285. The second-order valence-electron chi connectivity index (χ2n) is 4.20. The Bertz CT molecular complexity index is 924. The van der Waals surface area contributed by atoms with Gasteiger partial charge in [-0.3, -0.25) is 9.12 Å². The summed E-state index contributed by atoms with van der Waals surface area (Å²) in [6, 6.07) is 7.36. The fraction of sp³-hybridized carbons (Fsp3) is 0. The molecule has 0 unspecified atom stereocenters. The summed E-state index contributed by atoms with van der Waals surface area (Å²) < 4.78 is 28.6. The van der Waals surface area contributed by atoms with Crippen LogP contribution in [0.1, 0.15) is 0 Å². The highest BCUT2D eigenvalue weighted by Gasteiger charge is 2.16. The number of hydrogen-bond donors (Lipinski definition) is 1. The summed E-state index contributed by atoms with van der Waals surface area (Å²) in [7, 11) is -3.75. The summed E-state index contributed by atoms with van der Waals surface area (Å²) in [6.07, 6.45) is 3.05. The first kappa shape index (κ1) is 14.1. The number of nitrogens with zero attached hydrogens (tertiary/aromatic N) is 3. The third-order valence-corrected chi connectivity index (χ3v) is 4.86. The van der Waals surface area contributed by atoms with Crippen molar-refractivity contribution < 1.29 is 8.42 Å². The zero-order valence-electron chi connectivity index (χ0n) is 10.4. The average Bonchev–Trinajstić information content (AvgIpc) is 2.88. The summed E-state index contributed by atoms with van der Waals surface area (Å²) in [5.74, 6) is 0. The maximum atomic E-state index is 12.3. The van der Waals surface area contributed by atoms with Crippen molar-refractivity contribution in [2.24, 2.45) is 0 Å². The highest BCUT2D eigenvalue weighted by molar-refractivity contribution is 7.92. The first-order valence-electron chi connectivity index (χ1n) is 5.73. The van der Waals surface area contributed by atoms with E-state index in [0.29, 0.717) is 16.4 Å². The average molecular weight is 343 g/mol. The van der Waals surface area contributed by atoms with Crippen LogP contribution in [0.5, 0.6) is 0 Å². The summed E-state index contributed by atoms with van der Waals surface area (Å²) in [5.41, 5.74) is 1.00. The van der Waals surface area contributed by atoms with Gasteiger partial charge in [-0.25, -0.2) is 8.42 Å². The lowest BCUT2D eigenvalue weighted by Gasteiger charge is -2.09. The zero-order valence-corrected chi connectivity index (χ0v) is 12.7. The SMILES string of the molecule is O=S(=O)(Nc1ccc2nncn2c1)c1ccc(Cl)c(Cl)c1. The first-order valence-corrected chi connectivity index (χ1v) is 7.97. The van der Waals surface area contributed by atoms with Gasteiger partial charge in [0.05, 0.1) is 20.6 Å². The fourth-order valence-electron chi connectivity index (χ4n) is 1.75. The molecule has 108 valence electrons. The molecule has 6 nitrogen and oxygen atoms in total. The molecule has 3 rings (SSSR count). The molecule has 0 atom stereocenters. The van der Waals surface area contributed by atoms with Gasteiger partial charge in [0.2, 0.25) is 0 Å². The Morgan fingerprint density at radius 3 is 2.67 bits per heavy atom. The zero-order chi connectivity index (χ0) is 15.0. The van der Waals surface area contributed by atoms with Gasteiger partial charge in [0.15, 0.2) is 5.65 Å². The van der Waals surface area contributed by atoms with Gasteiger partial charge in [-0.2, -0.15) is 0 Å². The van der Waals surface area contributed by atoms with Crippen molar-refractivity contribution >= 4 is 44.6 Å². The molecule has 0 aliphatic heterocycles. The third kappa shape index (κ3) is 2.80. The molecule has 3 aromatic rings. The second-order valence-corrected chi connectivity index (χ2v) is 6.69. The van der Waals surface area contributed by atoms with E-state index >= 15 is 0 Å². The maximum absolute atomic E-state index is 12.3. The Balaban J connectivity index is 1.96. The van der Waals surface area contributed by atoms with Crippen LogP contribution < -0.4 is 4.72 Å². The summed E-state index contributed by atoms with van der Waals surface area (Å²) in [5, 5.41) is 8.03. The maximum Gasteiger partial charge on any atom is 0.261 e. The number of aromatic nitrogens is 3. The van der Waals surface area contributed by atoms with Gasteiger partial charge < -0.3 is 0 Å². The van der Waals surface area contributed by atoms with Crippen LogP contribution in [-0.2, 0) is 10.0 Å². The van der Waals surface area contributed by atoms with Gasteiger partial charge in [-0.1, -0.05) is 23.2 Å². The van der Waals surface area contributed by atoms with Crippen LogP contribution in [0.2, 0.25) is 10.0 Å². The van der Waals surface area contributed by atoms with E-state index in [-0.39, 0.29) is 9.92 Å². The molecule has 0 bridgehead atoms. The van der Waals surface area contributed by atoms with Crippen molar-refractivity contribution in [2.75, 3.05) is 4.72 Å². The number of sulfonamides is 1. The number of nitrogens with one attached hydrogen (secondary N) is 1. The van der Waals surface area contributed by atoms with Crippen molar-refractivity contribution in [1.29, 1.82) is 0 Å². The molecule has 1 aromatic carbocycles. The monoisotopic (exact) mass is 342 g/mol. The fourth-order valence-corrected chi connectivity index (χ4v) is 3.18. The van der Waals surface area contributed by atoms with Gasteiger partial charge in [-0.15, -0.1) is 10.2 Å². The number of anilines is 1. The van der Waals surface area contributed by atoms with Crippen molar-refractivity contribution in [3.05, 3.63) is 52.9 Å². The minimum atomic E-state index is -3.75. The Labute approximate surface area is 130 Å². The molecule has 1 N–H and O–H groups in total. The standard InChI is InChI=1S/C12H8Cl2N4O2S/c13-10-3-2-9(5-11(10)14)21(19,20)17-8-1-4-12-16-15-7-18(12)6-8/h1-7,17H. The van der Waals surface area contributed by atoms with Crippen LogP contribution in [0.4, 0.5) is 5.69 Å².